The molecule has 0 amide bonds. The van der Waals surface area contributed by atoms with E-state index < -0.39 is 10.0 Å². The van der Waals surface area contributed by atoms with E-state index in [0.29, 0.717) is 13.1 Å². The van der Waals surface area contributed by atoms with E-state index in [1.54, 1.807) is 12.1 Å². The molecule has 3 N–H and O–H groups in total. The highest BCUT2D eigenvalue weighted by Crippen LogP contribution is 2.08. The first-order chi connectivity index (χ1) is 7.04. The number of hydrogen-bond donors (Lipinski definition) is 2. The van der Waals surface area contributed by atoms with Gasteiger partial charge in [-0.2, -0.15) is 0 Å². The number of terminal acetylenes is 1. The van der Waals surface area contributed by atoms with Crippen LogP contribution >= 0.6 is 0 Å². The Hall–Kier alpha value is -1.35. The zero-order valence-corrected chi connectivity index (χ0v) is 8.92. The monoisotopic (exact) mass is 224 g/mol. The summed E-state index contributed by atoms with van der Waals surface area (Å²) in [6.45, 7) is 1.09. The van der Waals surface area contributed by atoms with Gasteiger partial charge >= 0.3 is 0 Å². The van der Waals surface area contributed by atoms with Gasteiger partial charge in [0, 0.05) is 6.54 Å². The Morgan fingerprint density at radius 1 is 1.33 bits per heavy atom. The van der Waals surface area contributed by atoms with Gasteiger partial charge < -0.3 is 5.32 Å². The van der Waals surface area contributed by atoms with E-state index in [-0.39, 0.29) is 4.90 Å². The van der Waals surface area contributed by atoms with Crippen molar-refractivity contribution in [2.45, 2.75) is 11.4 Å². The minimum absolute atomic E-state index is 0.114. The van der Waals surface area contributed by atoms with Crippen LogP contribution in [0.3, 0.4) is 0 Å². The molecule has 0 aromatic heterocycles. The summed E-state index contributed by atoms with van der Waals surface area (Å²) in [6.07, 6.45) is 5.07. The van der Waals surface area contributed by atoms with Crippen LogP contribution in [0.4, 0.5) is 0 Å². The molecule has 0 aliphatic carbocycles. The fourth-order valence-electron chi connectivity index (χ4n) is 1.08. The van der Waals surface area contributed by atoms with Crippen LogP contribution in [0.1, 0.15) is 5.56 Å². The molecule has 1 rings (SSSR count). The molecule has 0 aliphatic heterocycles. The molecule has 0 atom stereocenters. The molecule has 0 fully saturated rings. The van der Waals surface area contributed by atoms with Crippen LogP contribution in [0.5, 0.6) is 0 Å². The summed E-state index contributed by atoms with van der Waals surface area (Å²) in [7, 11) is -3.60. The lowest BCUT2D eigenvalue weighted by Gasteiger charge is -2.02. The van der Waals surface area contributed by atoms with Crippen LogP contribution in [0, 0.1) is 12.3 Å². The van der Waals surface area contributed by atoms with Gasteiger partial charge in [-0.25, -0.2) is 13.6 Å². The van der Waals surface area contributed by atoms with Crippen LogP contribution in [0.15, 0.2) is 29.2 Å². The maximum atomic E-state index is 10.9. The lowest BCUT2D eigenvalue weighted by molar-refractivity contribution is 0.597. The highest BCUT2D eigenvalue weighted by Gasteiger charge is 2.05. The first kappa shape index (κ1) is 11.7. The molecule has 0 heterocycles. The second-order valence-corrected chi connectivity index (χ2v) is 4.56. The Bertz CT molecular complexity index is 457. The molecule has 0 radical (unpaired) electrons. The average Bonchev–Trinajstić information content (AvgIpc) is 2.18. The summed E-state index contributed by atoms with van der Waals surface area (Å²) in [5, 5.41) is 7.95. The second kappa shape index (κ2) is 4.94. The number of nitrogens with two attached hydrogens (primary N) is 1. The van der Waals surface area contributed by atoms with Crippen molar-refractivity contribution in [3.05, 3.63) is 29.8 Å². The van der Waals surface area contributed by atoms with Gasteiger partial charge in [-0.05, 0) is 17.7 Å². The van der Waals surface area contributed by atoms with Crippen molar-refractivity contribution in [1.82, 2.24) is 5.32 Å². The van der Waals surface area contributed by atoms with Gasteiger partial charge in [-0.15, -0.1) is 6.42 Å². The van der Waals surface area contributed by atoms with Crippen LogP contribution in [0.25, 0.3) is 0 Å². The normalized spacial score (nSPS) is 10.9. The second-order valence-electron chi connectivity index (χ2n) is 3.00. The third kappa shape index (κ3) is 3.72. The van der Waals surface area contributed by atoms with Gasteiger partial charge in [0.25, 0.3) is 0 Å². The molecular formula is C10H12N2O2S. The van der Waals surface area contributed by atoms with E-state index in [9.17, 15) is 8.42 Å². The van der Waals surface area contributed by atoms with E-state index in [2.05, 4.69) is 11.2 Å². The average molecular weight is 224 g/mol. The minimum atomic E-state index is -3.60. The molecule has 15 heavy (non-hydrogen) atoms. The molecule has 0 aliphatic rings. The van der Waals surface area contributed by atoms with Gasteiger partial charge in [-0.3, -0.25) is 0 Å². The number of sulfonamides is 1. The van der Waals surface area contributed by atoms with Crippen molar-refractivity contribution in [3.63, 3.8) is 0 Å². The molecule has 4 nitrogen and oxygen atoms in total. The fraction of sp³-hybridized carbons (Fsp3) is 0.200. The number of rotatable bonds is 4. The van der Waals surface area contributed by atoms with Gasteiger partial charge in [0.1, 0.15) is 0 Å². The summed E-state index contributed by atoms with van der Waals surface area (Å²) >= 11 is 0. The van der Waals surface area contributed by atoms with Gasteiger partial charge in [0.2, 0.25) is 10.0 Å². The van der Waals surface area contributed by atoms with Crippen LogP contribution in [-0.4, -0.2) is 15.0 Å². The van der Waals surface area contributed by atoms with Crippen molar-refractivity contribution < 1.29 is 8.42 Å². The van der Waals surface area contributed by atoms with E-state index in [1.165, 1.54) is 12.1 Å². The lowest BCUT2D eigenvalue weighted by atomic mass is 10.2. The zero-order valence-electron chi connectivity index (χ0n) is 8.10. The predicted molar refractivity (Wildman–Crippen MR) is 58.4 cm³/mol. The van der Waals surface area contributed by atoms with E-state index in [4.69, 9.17) is 11.6 Å². The Labute approximate surface area is 89.5 Å². The fourth-order valence-corrected chi connectivity index (χ4v) is 1.59. The molecule has 1 aromatic rings. The minimum Gasteiger partial charge on any atom is -0.302 e. The Morgan fingerprint density at radius 3 is 2.40 bits per heavy atom. The van der Waals surface area contributed by atoms with Gasteiger partial charge in [0.15, 0.2) is 0 Å². The molecule has 0 bridgehead atoms. The molecule has 1 aromatic carbocycles. The van der Waals surface area contributed by atoms with Crippen LogP contribution < -0.4 is 10.5 Å². The number of hydrogen-bond acceptors (Lipinski definition) is 3. The van der Waals surface area contributed by atoms with Crippen molar-refractivity contribution in [1.29, 1.82) is 0 Å². The standard InChI is InChI=1S/C10H12N2O2S/c1-2-7-12-8-9-3-5-10(6-4-9)15(11,13)14/h1,3-6,12H,7-8H2,(H2,11,13,14). The van der Waals surface area contributed by atoms with Gasteiger partial charge in [-0.1, -0.05) is 18.1 Å². The summed E-state index contributed by atoms with van der Waals surface area (Å²) in [5.74, 6) is 2.45. The molecule has 0 spiro atoms. The SMILES string of the molecule is C#CCNCc1ccc(S(N)(=O)=O)cc1. The van der Waals surface area contributed by atoms with E-state index >= 15 is 0 Å². The number of primary sulfonamides is 1. The third-order valence-electron chi connectivity index (χ3n) is 1.81. The van der Waals surface area contributed by atoms with E-state index in [0.717, 1.165) is 5.56 Å². The summed E-state index contributed by atoms with van der Waals surface area (Å²) in [4.78, 5) is 0.114. The Morgan fingerprint density at radius 2 is 1.93 bits per heavy atom. The predicted octanol–water partition coefficient (Wildman–Crippen LogP) is 0.0568. The maximum Gasteiger partial charge on any atom is 0.238 e. The van der Waals surface area contributed by atoms with Crippen LogP contribution in [0.2, 0.25) is 0 Å². The largest absolute Gasteiger partial charge is 0.302 e. The van der Waals surface area contributed by atoms with E-state index in [1.807, 2.05) is 0 Å². The Balaban J connectivity index is 2.70. The van der Waals surface area contributed by atoms with Crippen molar-refractivity contribution in [2.75, 3.05) is 6.54 Å². The van der Waals surface area contributed by atoms with Crippen molar-refractivity contribution >= 4 is 10.0 Å². The number of benzene rings is 1. The first-order valence-corrected chi connectivity index (χ1v) is 5.84. The number of nitrogens with one attached hydrogen (secondary N) is 1. The van der Waals surface area contributed by atoms with Crippen molar-refractivity contribution in [3.8, 4) is 12.3 Å². The highest BCUT2D eigenvalue weighted by atomic mass is 32.2. The molecule has 5 heteroatoms. The Kier molecular flexibility index (Phi) is 3.86. The first-order valence-electron chi connectivity index (χ1n) is 4.30. The molecule has 0 saturated heterocycles. The molecule has 0 saturated carbocycles. The summed E-state index contributed by atoms with van der Waals surface area (Å²) < 4.78 is 21.9. The quantitative estimate of drug-likeness (QED) is 0.561. The smallest absolute Gasteiger partial charge is 0.238 e. The molecule has 80 valence electrons. The topological polar surface area (TPSA) is 72.2 Å². The maximum absolute atomic E-state index is 10.9. The van der Waals surface area contributed by atoms with Crippen molar-refractivity contribution in [2.24, 2.45) is 5.14 Å². The summed E-state index contributed by atoms with van der Waals surface area (Å²) in [6, 6.07) is 6.34. The molecular weight excluding hydrogens is 212 g/mol. The zero-order chi connectivity index (χ0) is 11.3. The molecule has 0 unspecified atom stereocenters. The van der Waals surface area contributed by atoms with Gasteiger partial charge in [0.05, 0.1) is 11.4 Å². The van der Waals surface area contributed by atoms with Crippen LogP contribution in [-0.2, 0) is 16.6 Å². The third-order valence-corrected chi connectivity index (χ3v) is 2.74. The summed E-state index contributed by atoms with van der Waals surface area (Å²) in [5.41, 5.74) is 0.956. The highest BCUT2D eigenvalue weighted by molar-refractivity contribution is 7.89. The lowest BCUT2D eigenvalue weighted by Crippen LogP contribution is -2.14.